The molecule has 0 heterocycles. The molecule has 0 aliphatic heterocycles. The molecule has 0 saturated carbocycles. The quantitative estimate of drug-likeness (QED) is 0.599. The Bertz CT molecular complexity index is 476. The van der Waals surface area contributed by atoms with Gasteiger partial charge in [0.15, 0.2) is 6.61 Å². The van der Waals surface area contributed by atoms with Crippen molar-refractivity contribution in [2.75, 3.05) is 13.2 Å². The van der Waals surface area contributed by atoms with Crippen molar-refractivity contribution >= 4 is 23.5 Å². The molecule has 0 atom stereocenters. The first kappa shape index (κ1) is 16.3. The van der Waals surface area contributed by atoms with Crippen LogP contribution >= 0.6 is 11.6 Å². The molecule has 0 radical (unpaired) electrons. The lowest BCUT2D eigenvalue weighted by Gasteiger charge is -2.07. The Morgan fingerprint density at radius 2 is 2.10 bits per heavy atom. The van der Waals surface area contributed by atoms with Crippen molar-refractivity contribution in [1.82, 2.24) is 5.32 Å². The van der Waals surface area contributed by atoms with Crippen LogP contribution in [0.25, 0.3) is 0 Å². The number of phenolic OH excluding ortho intramolecular Hbond substituents is 1. The minimum Gasteiger partial charge on any atom is -0.507 e. The average molecular weight is 300 g/mol. The van der Waals surface area contributed by atoms with Crippen LogP contribution in [0.4, 0.5) is 0 Å². The molecular weight excluding hydrogens is 282 g/mol. The van der Waals surface area contributed by atoms with Crippen LogP contribution in [-0.2, 0) is 9.53 Å². The van der Waals surface area contributed by atoms with Gasteiger partial charge in [-0.1, -0.05) is 31.4 Å². The van der Waals surface area contributed by atoms with Crippen LogP contribution in [0.5, 0.6) is 5.75 Å². The minimum atomic E-state index is -0.761. The Morgan fingerprint density at radius 3 is 2.75 bits per heavy atom. The summed E-state index contributed by atoms with van der Waals surface area (Å²) in [6.45, 7) is 2.27. The summed E-state index contributed by atoms with van der Waals surface area (Å²) in [4.78, 5) is 23.1. The second-order valence-corrected chi connectivity index (χ2v) is 4.73. The lowest BCUT2D eigenvalue weighted by molar-refractivity contribution is -0.124. The van der Waals surface area contributed by atoms with E-state index in [4.69, 9.17) is 16.3 Å². The molecule has 20 heavy (non-hydrogen) atoms. The van der Waals surface area contributed by atoms with Crippen molar-refractivity contribution in [2.24, 2.45) is 0 Å². The molecule has 1 amide bonds. The number of esters is 1. The van der Waals surface area contributed by atoms with Crippen LogP contribution in [0.1, 0.15) is 36.5 Å². The molecule has 0 unspecified atom stereocenters. The molecule has 0 aliphatic rings. The van der Waals surface area contributed by atoms with E-state index in [0.29, 0.717) is 11.6 Å². The third kappa shape index (κ3) is 5.48. The van der Waals surface area contributed by atoms with Crippen molar-refractivity contribution in [3.8, 4) is 5.75 Å². The van der Waals surface area contributed by atoms with E-state index in [0.717, 1.165) is 19.3 Å². The first-order valence-corrected chi connectivity index (χ1v) is 6.84. The molecule has 0 fully saturated rings. The predicted octanol–water partition coefficient (Wildman–Crippen LogP) is 2.51. The molecule has 0 bridgehead atoms. The zero-order valence-electron chi connectivity index (χ0n) is 11.3. The number of benzene rings is 1. The zero-order valence-corrected chi connectivity index (χ0v) is 12.1. The van der Waals surface area contributed by atoms with Crippen molar-refractivity contribution in [2.45, 2.75) is 26.2 Å². The number of halogens is 1. The Hall–Kier alpha value is -1.75. The van der Waals surface area contributed by atoms with Gasteiger partial charge in [-0.05, 0) is 24.6 Å². The molecule has 0 aliphatic carbocycles. The number of hydrogen-bond acceptors (Lipinski definition) is 4. The van der Waals surface area contributed by atoms with E-state index in [1.807, 2.05) is 0 Å². The summed E-state index contributed by atoms with van der Waals surface area (Å²) in [5.74, 6) is -1.39. The van der Waals surface area contributed by atoms with Crippen molar-refractivity contribution in [1.29, 1.82) is 0 Å². The Balaban J connectivity index is 2.37. The summed E-state index contributed by atoms with van der Waals surface area (Å²) in [5.41, 5.74) is -0.0202. The number of amides is 1. The normalized spacial score (nSPS) is 10.1. The molecule has 6 heteroatoms. The van der Waals surface area contributed by atoms with Crippen LogP contribution in [-0.4, -0.2) is 30.1 Å². The number of nitrogens with one attached hydrogen (secondary N) is 1. The van der Waals surface area contributed by atoms with Gasteiger partial charge in [-0.2, -0.15) is 0 Å². The smallest absolute Gasteiger partial charge is 0.342 e. The highest BCUT2D eigenvalue weighted by Crippen LogP contribution is 2.22. The Morgan fingerprint density at radius 1 is 1.35 bits per heavy atom. The van der Waals surface area contributed by atoms with E-state index < -0.39 is 5.97 Å². The van der Waals surface area contributed by atoms with E-state index in [-0.39, 0.29) is 23.8 Å². The van der Waals surface area contributed by atoms with Gasteiger partial charge in [-0.25, -0.2) is 4.79 Å². The number of carbonyl (C=O) groups excluding carboxylic acids is 2. The van der Waals surface area contributed by atoms with E-state index in [1.165, 1.54) is 18.2 Å². The minimum absolute atomic E-state index is 0.0202. The third-order valence-corrected chi connectivity index (χ3v) is 2.85. The summed E-state index contributed by atoms with van der Waals surface area (Å²) in [7, 11) is 0. The second-order valence-electron chi connectivity index (χ2n) is 4.29. The number of phenols is 1. The highest BCUT2D eigenvalue weighted by Gasteiger charge is 2.14. The highest BCUT2D eigenvalue weighted by atomic mass is 35.5. The first-order valence-electron chi connectivity index (χ1n) is 6.47. The van der Waals surface area contributed by atoms with E-state index >= 15 is 0 Å². The fourth-order valence-corrected chi connectivity index (χ4v) is 1.71. The molecule has 110 valence electrons. The van der Waals surface area contributed by atoms with Gasteiger partial charge < -0.3 is 15.2 Å². The molecule has 0 saturated heterocycles. The molecular formula is C14H18ClNO4. The van der Waals surface area contributed by atoms with Crippen LogP contribution in [0.15, 0.2) is 18.2 Å². The van der Waals surface area contributed by atoms with Gasteiger partial charge in [-0.15, -0.1) is 0 Å². The SMILES string of the molecule is CCCCCNC(=O)COC(=O)c1ccc(Cl)cc1O. The fraction of sp³-hybridized carbons (Fsp3) is 0.429. The summed E-state index contributed by atoms with van der Waals surface area (Å²) >= 11 is 5.66. The van der Waals surface area contributed by atoms with E-state index in [1.54, 1.807) is 0 Å². The largest absolute Gasteiger partial charge is 0.507 e. The number of rotatable bonds is 7. The zero-order chi connectivity index (χ0) is 15.0. The number of ether oxygens (including phenoxy) is 1. The number of aromatic hydroxyl groups is 1. The lowest BCUT2D eigenvalue weighted by Crippen LogP contribution is -2.29. The maximum absolute atomic E-state index is 11.7. The molecule has 1 aromatic rings. The van der Waals surface area contributed by atoms with Crippen molar-refractivity contribution in [3.05, 3.63) is 28.8 Å². The summed E-state index contributed by atoms with van der Waals surface area (Å²) < 4.78 is 4.81. The fourth-order valence-electron chi connectivity index (χ4n) is 1.54. The molecule has 1 rings (SSSR count). The molecule has 5 nitrogen and oxygen atoms in total. The van der Waals surface area contributed by atoms with Crippen molar-refractivity contribution in [3.63, 3.8) is 0 Å². The molecule has 1 aromatic carbocycles. The Kier molecular flexibility index (Phi) is 6.87. The summed E-state index contributed by atoms with van der Waals surface area (Å²) in [5, 5.41) is 12.5. The van der Waals surface area contributed by atoms with Crippen LogP contribution in [0.2, 0.25) is 5.02 Å². The maximum atomic E-state index is 11.7. The number of hydrogen-bond donors (Lipinski definition) is 2. The Labute approximate surface area is 122 Å². The van der Waals surface area contributed by atoms with Gasteiger partial charge in [0.05, 0.1) is 0 Å². The molecule has 0 spiro atoms. The van der Waals surface area contributed by atoms with Gasteiger partial charge in [0.2, 0.25) is 0 Å². The van der Waals surface area contributed by atoms with E-state index in [9.17, 15) is 14.7 Å². The second kappa shape index (κ2) is 8.43. The molecule has 0 aromatic heterocycles. The third-order valence-electron chi connectivity index (χ3n) is 2.62. The van der Waals surface area contributed by atoms with Gasteiger partial charge in [-0.3, -0.25) is 4.79 Å². The first-order chi connectivity index (χ1) is 9.54. The van der Waals surface area contributed by atoms with Crippen LogP contribution < -0.4 is 5.32 Å². The monoisotopic (exact) mass is 299 g/mol. The average Bonchev–Trinajstić information content (AvgIpc) is 2.41. The van der Waals surface area contributed by atoms with E-state index in [2.05, 4.69) is 12.2 Å². The molecule has 2 N–H and O–H groups in total. The van der Waals surface area contributed by atoms with Crippen LogP contribution in [0.3, 0.4) is 0 Å². The number of carbonyl (C=O) groups is 2. The van der Waals surface area contributed by atoms with Gasteiger partial charge in [0.25, 0.3) is 5.91 Å². The van der Waals surface area contributed by atoms with Gasteiger partial charge >= 0.3 is 5.97 Å². The lowest BCUT2D eigenvalue weighted by atomic mass is 10.2. The summed E-state index contributed by atoms with van der Waals surface area (Å²) in [6, 6.07) is 4.05. The van der Waals surface area contributed by atoms with Gasteiger partial charge in [0, 0.05) is 11.6 Å². The highest BCUT2D eigenvalue weighted by molar-refractivity contribution is 6.30. The summed E-state index contributed by atoms with van der Waals surface area (Å²) in [6.07, 6.45) is 3.01. The maximum Gasteiger partial charge on any atom is 0.342 e. The topological polar surface area (TPSA) is 75.6 Å². The predicted molar refractivity (Wildman–Crippen MR) is 75.9 cm³/mol. The van der Waals surface area contributed by atoms with Crippen molar-refractivity contribution < 1.29 is 19.4 Å². The van der Waals surface area contributed by atoms with Gasteiger partial charge in [0.1, 0.15) is 11.3 Å². The standard InChI is InChI=1S/C14H18ClNO4/c1-2-3-4-7-16-13(18)9-20-14(19)11-6-5-10(15)8-12(11)17/h5-6,8,17H,2-4,7,9H2,1H3,(H,16,18). The van der Waals surface area contributed by atoms with Crippen LogP contribution in [0, 0.1) is 0 Å². The number of unbranched alkanes of at least 4 members (excludes halogenated alkanes) is 2.